The van der Waals surface area contributed by atoms with Crippen molar-refractivity contribution in [1.82, 2.24) is 4.90 Å². The van der Waals surface area contributed by atoms with Gasteiger partial charge in [-0.1, -0.05) is 46.4 Å². The zero-order chi connectivity index (χ0) is 16.8. The molecule has 11 heteroatoms. The minimum atomic E-state index is -2.01. The molecular weight excluding hydrogens is 423 g/mol. The lowest BCUT2D eigenvalue weighted by molar-refractivity contribution is -0.149. The predicted octanol–water partition coefficient (Wildman–Crippen LogP) is 2.52. The molecule has 1 N–H and O–H groups in total. The second-order valence-electron chi connectivity index (χ2n) is 5.24. The van der Waals surface area contributed by atoms with Gasteiger partial charge in [0, 0.05) is 0 Å². The summed E-state index contributed by atoms with van der Waals surface area (Å²) in [7, 11) is 0. The van der Waals surface area contributed by atoms with Gasteiger partial charge in [0.2, 0.25) is 11.8 Å². The summed E-state index contributed by atoms with van der Waals surface area (Å²) in [5, 5.41) is 8.40. The molecule has 3 aliphatic rings. The van der Waals surface area contributed by atoms with Crippen molar-refractivity contribution < 1.29 is 19.5 Å². The Balaban J connectivity index is 2.21. The summed E-state index contributed by atoms with van der Waals surface area (Å²) < 4.78 is -2.01. The summed E-state index contributed by atoms with van der Waals surface area (Å²) in [5.41, 5.74) is 0. The number of carbonyl (C=O) groups is 3. The molecule has 2 fully saturated rings. The number of hydrogen-bond donors (Lipinski definition) is 1. The Kier molecular flexibility index (Phi) is 3.53. The van der Waals surface area contributed by atoms with E-state index in [1.807, 2.05) is 0 Å². The molecule has 0 radical (unpaired) electrons. The molecule has 4 atom stereocenters. The number of likely N-dealkylation sites (tertiary alicyclic amines) is 1. The van der Waals surface area contributed by atoms with Gasteiger partial charge in [-0.3, -0.25) is 19.3 Å². The molecule has 2 aliphatic carbocycles. The summed E-state index contributed by atoms with van der Waals surface area (Å²) >= 11 is 37.5. The average Bonchev–Trinajstić information content (AvgIpc) is 2.78. The maximum absolute atomic E-state index is 12.5. The van der Waals surface area contributed by atoms with Crippen LogP contribution in [0.1, 0.15) is 0 Å². The Hall–Kier alpha value is 0.0900. The molecule has 22 heavy (non-hydrogen) atoms. The highest BCUT2D eigenvalue weighted by Crippen LogP contribution is 2.77. The Labute approximate surface area is 154 Å². The maximum atomic E-state index is 12.5. The Morgan fingerprint density at radius 1 is 1.00 bits per heavy atom. The van der Waals surface area contributed by atoms with Gasteiger partial charge < -0.3 is 5.11 Å². The van der Waals surface area contributed by atoms with Crippen molar-refractivity contribution in [3.63, 3.8) is 0 Å². The Bertz CT molecular complexity index is 631. The first-order valence-electron chi connectivity index (χ1n) is 5.82. The molecule has 0 spiro atoms. The van der Waals surface area contributed by atoms with Crippen molar-refractivity contribution >= 4 is 87.4 Å². The number of carboxylic acid groups (broad SMARTS) is 1. The number of allylic oxidation sites excluding steroid dienone is 2. The number of carboxylic acids is 1. The van der Waals surface area contributed by atoms with E-state index in [-0.39, 0.29) is 10.1 Å². The molecule has 0 aromatic heterocycles. The zero-order valence-electron chi connectivity index (χ0n) is 10.2. The fourth-order valence-electron chi connectivity index (χ4n) is 3.34. The van der Waals surface area contributed by atoms with Crippen LogP contribution in [-0.2, 0) is 14.4 Å². The van der Waals surface area contributed by atoms with Crippen LogP contribution in [0.25, 0.3) is 0 Å². The number of alkyl halides is 4. The third kappa shape index (κ3) is 1.49. The molecule has 3 rings (SSSR count). The highest BCUT2D eigenvalue weighted by molar-refractivity contribution is 6.66. The first-order valence-corrected chi connectivity index (χ1v) is 8.09. The topological polar surface area (TPSA) is 74.7 Å². The molecular formula is C11H5Cl6NO4. The lowest BCUT2D eigenvalue weighted by Crippen LogP contribution is -2.50. The molecule has 120 valence electrons. The SMILES string of the molecule is O=C(O)CN1C(=O)[C@@H]2[C@@H](C1=O)[C@@]1(Cl)C(Cl)=C(Cl)[C@@]2(Cl)C1(Cl)Cl. The number of nitrogens with zero attached hydrogens (tertiary/aromatic N) is 1. The van der Waals surface area contributed by atoms with Gasteiger partial charge in [0.25, 0.3) is 0 Å². The lowest BCUT2D eigenvalue weighted by atomic mass is 9.84. The van der Waals surface area contributed by atoms with Crippen LogP contribution in [0.4, 0.5) is 0 Å². The summed E-state index contributed by atoms with van der Waals surface area (Å²) in [6.45, 7) is -0.822. The van der Waals surface area contributed by atoms with Crippen LogP contribution in [0, 0.1) is 11.8 Å². The number of halogens is 6. The fourth-order valence-corrected chi connectivity index (χ4v) is 6.27. The van der Waals surface area contributed by atoms with Crippen molar-refractivity contribution in [1.29, 1.82) is 0 Å². The standard InChI is InChI=1S/C11H5Cl6NO4/c12-5-6(13)10(15)4-3(9(5,14)11(10,16)17)7(21)18(8(4)22)1-2(19)20/h3-4H,1H2,(H,19,20)/t3-,4-,9+,10+/m0/s1. The molecule has 0 aromatic rings. The van der Waals surface area contributed by atoms with Crippen LogP contribution in [0.2, 0.25) is 0 Å². The van der Waals surface area contributed by atoms with E-state index < -0.39 is 50.2 Å². The molecule has 2 amide bonds. The van der Waals surface area contributed by atoms with E-state index in [2.05, 4.69) is 0 Å². The third-order valence-corrected chi connectivity index (χ3v) is 8.55. The lowest BCUT2D eigenvalue weighted by Gasteiger charge is -2.34. The highest BCUT2D eigenvalue weighted by Gasteiger charge is 2.87. The van der Waals surface area contributed by atoms with E-state index in [0.717, 1.165) is 0 Å². The quantitative estimate of drug-likeness (QED) is 0.543. The highest BCUT2D eigenvalue weighted by atomic mass is 35.5. The van der Waals surface area contributed by atoms with Crippen LogP contribution in [0.3, 0.4) is 0 Å². The van der Waals surface area contributed by atoms with E-state index in [0.29, 0.717) is 4.90 Å². The second-order valence-corrected chi connectivity index (χ2v) is 8.51. The van der Waals surface area contributed by atoms with Gasteiger partial charge >= 0.3 is 5.97 Å². The van der Waals surface area contributed by atoms with Crippen molar-refractivity contribution in [2.45, 2.75) is 14.1 Å². The number of hydrogen-bond acceptors (Lipinski definition) is 3. The second kappa shape index (κ2) is 4.58. The molecule has 1 saturated carbocycles. The van der Waals surface area contributed by atoms with Crippen LogP contribution in [0.5, 0.6) is 0 Å². The number of imide groups is 1. The molecule has 1 saturated heterocycles. The summed E-state index contributed by atoms with van der Waals surface area (Å²) in [6, 6.07) is 0. The van der Waals surface area contributed by atoms with E-state index in [1.54, 1.807) is 0 Å². The Morgan fingerprint density at radius 3 is 1.68 bits per heavy atom. The van der Waals surface area contributed by atoms with Crippen molar-refractivity contribution in [3.8, 4) is 0 Å². The van der Waals surface area contributed by atoms with Crippen LogP contribution in [-0.4, -0.2) is 48.4 Å². The minimum absolute atomic E-state index is 0.213. The number of fused-ring (bicyclic) bond motifs is 5. The number of amides is 2. The van der Waals surface area contributed by atoms with Gasteiger partial charge in [-0.05, 0) is 0 Å². The first-order chi connectivity index (χ1) is 9.94. The number of rotatable bonds is 2. The van der Waals surface area contributed by atoms with Gasteiger partial charge in [0.05, 0.1) is 21.9 Å². The van der Waals surface area contributed by atoms with E-state index >= 15 is 0 Å². The van der Waals surface area contributed by atoms with Gasteiger partial charge in [0.15, 0.2) is 4.33 Å². The first kappa shape index (κ1) is 16.9. The smallest absolute Gasteiger partial charge is 0.323 e. The third-order valence-electron chi connectivity index (χ3n) is 4.29. The van der Waals surface area contributed by atoms with Crippen LogP contribution < -0.4 is 0 Å². The van der Waals surface area contributed by atoms with Gasteiger partial charge in [-0.25, -0.2) is 0 Å². The maximum Gasteiger partial charge on any atom is 0.323 e. The zero-order valence-corrected chi connectivity index (χ0v) is 14.8. The summed E-state index contributed by atoms with van der Waals surface area (Å²) in [5.74, 6) is -5.63. The average molecular weight is 428 g/mol. The number of aliphatic carboxylic acids is 1. The largest absolute Gasteiger partial charge is 0.480 e. The van der Waals surface area contributed by atoms with Gasteiger partial charge in [-0.2, -0.15) is 0 Å². The predicted molar refractivity (Wildman–Crippen MR) is 81.7 cm³/mol. The van der Waals surface area contributed by atoms with Crippen molar-refractivity contribution in [3.05, 3.63) is 10.1 Å². The van der Waals surface area contributed by atoms with Crippen LogP contribution in [0.15, 0.2) is 10.1 Å². The Morgan fingerprint density at radius 2 is 1.36 bits per heavy atom. The molecule has 2 bridgehead atoms. The summed E-state index contributed by atoms with van der Waals surface area (Å²) in [6.07, 6.45) is 0. The molecule has 1 aliphatic heterocycles. The normalized spacial score (nSPS) is 42.4. The van der Waals surface area contributed by atoms with E-state index in [1.165, 1.54) is 0 Å². The number of carbonyl (C=O) groups excluding carboxylic acids is 2. The minimum Gasteiger partial charge on any atom is -0.480 e. The summed E-state index contributed by atoms with van der Waals surface area (Å²) in [4.78, 5) is 32.5. The fraction of sp³-hybridized carbons (Fsp3) is 0.545. The van der Waals surface area contributed by atoms with Crippen LogP contribution >= 0.6 is 69.6 Å². The monoisotopic (exact) mass is 425 g/mol. The molecule has 5 nitrogen and oxygen atoms in total. The van der Waals surface area contributed by atoms with Crippen molar-refractivity contribution in [2.75, 3.05) is 6.54 Å². The van der Waals surface area contributed by atoms with E-state index in [4.69, 9.17) is 74.7 Å². The van der Waals surface area contributed by atoms with Crippen molar-refractivity contribution in [2.24, 2.45) is 11.8 Å². The van der Waals surface area contributed by atoms with Gasteiger partial charge in [0.1, 0.15) is 16.3 Å². The van der Waals surface area contributed by atoms with Gasteiger partial charge in [-0.15, -0.1) is 23.2 Å². The van der Waals surface area contributed by atoms with E-state index in [9.17, 15) is 14.4 Å². The molecule has 0 aromatic carbocycles. The molecule has 1 heterocycles. The molecule has 0 unspecified atom stereocenters.